The van der Waals surface area contributed by atoms with Gasteiger partial charge in [0, 0.05) is 0 Å². The summed E-state index contributed by atoms with van der Waals surface area (Å²) < 4.78 is 8.99. The Morgan fingerprint density at radius 1 is 1.36 bits per heavy atom. The van der Waals surface area contributed by atoms with Gasteiger partial charge in [-0.2, -0.15) is 0 Å². The van der Waals surface area contributed by atoms with E-state index in [-0.39, 0.29) is 5.97 Å². The fourth-order valence-electron chi connectivity index (χ4n) is 0.562. The molecule has 1 saturated heterocycles. The number of carbonyl (C=O) groups is 1. The summed E-state index contributed by atoms with van der Waals surface area (Å²) >= 11 is 0. The average Bonchev–Trinajstić information content (AvgIpc) is 2.57. The monoisotopic (exact) mass is 155 g/mol. The largest absolute Gasteiger partial charge is 0.473 e. The van der Waals surface area contributed by atoms with Gasteiger partial charge in [-0.1, -0.05) is 0 Å². The number of esters is 1. The maximum Gasteiger partial charge on any atom is 0.321 e. The molecule has 0 unspecified atom stereocenters. The van der Waals surface area contributed by atoms with Crippen molar-refractivity contribution in [1.82, 2.24) is 5.32 Å². The van der Waals surface area contributed by atoms with Crippen LogP contribution >= 0.6 is 0 Å². The fourth-order valence-corrected chi connectivity index (χ4v) is 0.562. The molecule has 0 amide bonds. The topological polar surface area (TPSA) is 51.5 Å². The standard InChI is InChI=1S/C4H4O.C3H5NO2/c1-2-4-5-3-1;5-3-1-4-2-6-3/h1-4H;4H,1-2H2. The van der Waals surface area contributed by atoms with E-state index in [1.54, 1.807) is 12.5 Å². The van der Waals surface area contributed by atoms with Crippen molar-refractivity contribution in [1.29, 1.82) is 0 Å². The highest BCUT2D eigenvalue weighted by Gasteiger charge is 2.06. The van der Waals surface area contributed by atoms with Crippen LogP contribution in [0.15, 0.2) is 29.1 Å². The molecule has 0 spiro atoms. The van der Waals surface area contributed by atoms with Crippen LogP contribution in [0.1, 0.15) is 0 Å². The highest BCUT2D eigenvalue weighted by atomic mass is 16.6. The summed E-state index contributed by atoms with van der Waals surface area (Å²) in [6, 6.07) is 3.67. The Kier molecular flexibility index (Phi) is 3.21. The summed E-state index contributed by atoms with van der Waals surface area (Å²) in [5.74, 6) is -0.157. The minimum Gasteiger partial charge on any atom is -0.473 e. The van der Waals surface area contributed by atoms with Crippen LogP contribution in [0.2, 0.25) is 0 Å². The van der Waals surface area contributed by atoms with Gasteiger partial charge in [-0.05, 0) is 12.1 Å². The lowest BCUT2D eigenvalue weighted by molar-refractivity contribution is -0.136. The third kappa shape index (κ3) is 3.42. The quantitative estimate of drug-likeness (QED) is 0.550. The Labute approximate surface area is 64.1 Å². The number of carbonyl (C=O) groups excluding carboxylic acids is 1. The second-order valence-electron chi connectivity index (χ2n) is 1.88. The lowest BCUT2D eigenvalue weighted by Gasteiger charge is -1.79. The molecule has 11 heavy (non-hydrogen) atoms. The van der Waals surface area contributed by atoms with Crippen molar-refractivity contribution < 1.29 is 13.9 Å². The number of hydrogen-bond acceptors (Lipinski definition) is 4. The molecular formula is C7H9NO3. The van der Waals surface area contributed by atoms with Crippen molar-refractivity contribution in [3.8, 4) is 0 Å². The summed E-state index contributed by atoms with van der Waals surface area (Å²) in [6.07, 6.45) is 3.25. The normalized spacial score (nSPS) is 15.1. The first-order chi connectivity index (χ1) is 5.39. The van der Waals surface area contributed by atoms with E-state index in [4.69, 9.17) is 0 Å². The molecule has 60 valence electrons. The molecule has 1 aromatic heterocycles. The van der Waals surface area contributed by atoms with Gasteiger partial charge in [0.1, 0.15) is 6.73 Å². The number of rotatable bonds is 0. The zero-order valence-corrected chi connectivity index (χ0v) is 5.95. The number of cyclic esters (lactones) is 1. The molecule has 2 heterocycles. The molecular weight excluding hydrogens is 146 g/mol. The first-order valence-corrected chi connectivity index (χ1v) is 3.23. The molecule has 2 rings (SSSR count). The summed E-state index contributed by atoms with van der Waals surface area (Å²) in [6.45, 7) is 0.763. The summed E-state index contributed by atoms with van der Waals surface area (Å²) in [5, 5.41) is 2.70. The first-order valence-electron chi connectivity index (χ1n) is 3.23. The van der Waals surface area contributed by atoms with Crippen molar-refractivity contribution in [2.24, 2.45) is 0 Å². The summed E-state index contributed by atoms with van der Waals surface area (Å²) in [4.78, 5) is 9.96. The van der Waals surface area contributed by atoms with Gasteiger partial charge >= 0.3 is 5.97 Å². The highest BCUT2D eigenvalue weighted by Crippen LogP contribution is 1.80. The lowest BCUT2D eigenvalue weighted by atomic mass is 10.7. The van der Waals surface area contributed by atoms with Gasteiger partial charge in [-0.25, -0.2) is 0 Å². The Morgan fingerprint density at radius 3 is 2.27 bits per heavy atom. The summed E-state index contributed by atoms with van der Waals surface area (Å²) in [7, 11) is 0. The Morgan fingerprint density at radius 2 is 2.09 bits per heavy atom. The minimum atomic E-state index is -0.157. The van der Waals surface area contributed by atoms with Crippen LogP contribution in [0.4, 0.5) is 0 Å². The number of ether oxygens (including phenoxy) is 1. The molecule has 4 heteroatoms. The third-order valence-corrected chi connectivity index (χ3v) is 1.03. The predicted molar refractivity (Wildman–Crippen MR) is 37.7 cm³/mol. The zero-order valence-electron chi connectivity index (χ0n) is 5.95. The number of hydrogen-bond donors (Lipinski definition) is 1. The van der Waals surface area contributed by atoms with Gasteiger partial charge in [0.15, 0.2) is 0 Å². The Bertz CT molecular complexity index is 170. The van der Waals surface area contributed by atoms with E-state index < -0.39 is 0 Å². The van der Waals surface area contributed by atoms with Crippen LogP contribution in [0.25, 0.3) is 0 Å². The van der Waals surface area contributed by atoms with Crippen LogP contribution in [0.3, 0.4) is 0 Å². The van der Waals surface area contributed by atoms with E-state index in [1.165, 1.54) is 0 Å². The first kappa shape index (κ1) is 7.81. The smallest absolute Gasteiger partial charge is 0.321 e. The maximum absolute atomic E-state index is 9.96. The van der Waals surface area contributed by atoms with Crippen molar-refractivity contribution in [2.75, 3.05) is 13.3 Å². The molecule has 0 bridgehead atoms. The van der Waals surface area contributed by atoms with Crippen LogP contribution in [0.5, 0.6) is 0 Å². The lowest BCUT2D eigenvalue weighted by Crippen LogP contribution is -2.07. The van der Waals surface area contributed by atoms with Crippen molar-refractivity contribution in [3.05, 3.63) is 24.7 Å². The van der Waals surface area contributed by atoms with Gasteiger partial charge in [-0.15, -0.1) is 0 Å². The van der Waals surface area contributed by atoms with Crippen molar-refractivity contribution >= 4 is 5.97 Å². The molecule has 1 aliphatic rings. The average molecular weight is 155 g/mol. The van der Waals surface area contributed by atoms with E-state index >= 15 is 0 Å². The van der Waals surface area contributed by atoms with Gasteiger partial charge in [0.05, 0.1) is 19.1 Å². The molecule has 1 fully saturated rings. The highest BCUT2D eigenvalue weighted by molar-refractivity contribution is 5.72. The van der Waals surface area contributed by atoms with E-state index in [0.717, 1.165) is 0 Å². The van der Waals surface area contributed by atoms with Crippen LogP contribution < -0.4 is 5.32 Å². The molecule has 0 aromatic carbocycles. The molecule has 4 nitrogen and oxygen atoms in total. The molecule has 0 radical (unpaired) electrons. The molecule has 0 aliphatic carbocycles. The van der Waals surface area contributed by atoms with Crippen LogP contribution in [-0.2, 0) is 9.53 Å². The van der Waals surface area contributed by atoms with Crippen molar-refractivity contribution in [3.63, 3.8) is 0 Å². The van der Waals surface area contributed by atoms with Crippen molar-refractivity contribution in [2.45, 2.75) is 0 Å². The van der Waals surface area contributed by atoms with E-state index in [0.29, 0.717) is 13.3 Å². The Balaban J connectivity index is 0.000000112. The van der Waals surface area contributed by atoms with Crippen LogP contribution in [0, 0.1) is 0 Å². The van der Waals surface area contributed by atoms with E-state index in [2.05, 4.69) is 14.5 Å². The summed E-state index contributed by atoms with van der Waals surface area (Å²) in [5.41, 5.74) is 0. The molecule has 1 aliphatic heterocycles. The second-order valence-corrected chi connectivity index (χ2v) is 1.88. The number of nitrogens with one attached hydrogen (secondary N) is 1. The minimum absolute atomic E-state index is 0.157. The molecule has 0 saturated carbocycles. The third-order valence-electron chi connectivity index (χ3n) is 1.03. The zero-order chi connectivity index (χ0) is 7.94. The fraction of sp³-hybridized carbons (Fsp3) is 0.286. The molecule has 1 N–H and O–H groups in total. The maximum atomic E-state index is 9.96. The molecule has 0 atom stereocenters. The second kappa shape index (κ2) is 4.51. The SMILES string of the molecule is O=C1CNCO1.c1ccoc1. The van der Waals surface area contributed by atoms with Gasteiger partial charge in [-0.3, -0.25) is 10.1 Å². The predicted octanol–water partition coefficient (Wildman–Crippen LogP) is 0.370. The van der Waals surface area contributed by atoms with E-state index in [9.17, 15) is 4.79 Å². The van der Waals surface area contributed by atoms with Gasteiger partial charge in [0.2, 0.25) is 0 Å². The van der Waals surface area contributed by atoms with Crippen LogP contribution in [-0.4, -0.2) is 19.2 Å². The molecule has 1 aromatic rings. The van der Waals surface area contributed by atoms with E-state index in [1.807, 2.05) is 12.1 Å². The van der Waals surface area contributed by atoms with Gasteiger partial charge in [0.25, 0.3) is 0 Å². The Hall–Kier alpha value is -1.29. The van der Waals surface area contributed by atoms with Gasteiger partial charge < -0.3 is 9.15 Å². The number of furan rings is 1.